The first-order valence-electron chi connectivity index (χ1n) is 10.9. The van der Waals surface area contributed by atoms with Gasteiger partial charge in [0.1, 0.15) is 23.6 Å². The monoisotopic (exact) mass is 447 g/mol. The molecule has 6 rings (SSSR count). The first-order chi connectivity index (χ1) is 15.9. The molecule has 3 aromatic heterocycles. The molecular formula is C23H22FN7O2. The van der Waals surface area contributed by atoms with Gasteiger partial charge in [0.2, 0.25) is 5.88 Å². The van der Waals surface area contributed by atoms with Crippen LogP contribution in [0.2, 0.25) is 0 Å². The van der Waals surface area contributed by atoms with Crippen LogP contribution in [0, 0.1) is 5.82 Å². The molecule has 4 aromatic rings. The molecule has 2 amide bonds. The maximum absolute atomic E-state index is 15.1. The highest BCUT2D eigenvalue weighted by molar-refractivity contribution is 6.02. The topological polar surface area (TPSA) is 124 Å². The largest absolute Gasteiger partial charge is 0.383 e. The van der Waals surface area contributed by atoms with E-state index in [2.05, 4.69) is 32.7 Å². The van der Waals surface area contributed by atoms with Gasteiger partial charge in [-0.25, -0.2) is 19.2 Å². The van der Waals surface area contributed by atoms with Crippen molar-refractivity contribution in [2.75, 3.05) is 16.4 Å². The van der Waals surface area contributed by atoms with E-state index in [1.54, 1.807) is 18.2 Å². The molecule has 2 aliphatic carbocycles. The average molecular weight is 447 g/mol. The summed E-state index contributed by atoms with van der Waals surface area (Å²) in [4.78, 5) is 20.8. The fourth-order valence-corrected chi connectivity index (χ4v) is 4.09. The van der Waals surface area contributed by atoms with Crippen LogP contribution in [0.4, 0.5) is 26.6 Å². The number of nitrogen functional groups attached to an aromatic ring is 1. The molecule has 2 saturated carbocycles. The predicted octanol–water partition coefficient (Wildman–Crippen LogP) is 4.84. The Hall–Kier alpha value is -3.95. The number of hydrogen-bond donors (Lipinski definition) is 3. The first-order valence-corrected chi connectivity index (χ1v) is 10.9. The lowest BCUT2D eigenvalue weighted by molar-refractivity contribution is 0.261. The fourth-order valence-electron chi connectivity index (χ4n) is 4.09. The van der Waals surface area contributed by atoms with Gasteiger partial charge in [0.15, 0.2) is 0 Å². The maximum Gasteiger partial charge on any atom is 0.326 e. The van der Waals surface area contributed by atoms with Crippen LogP contribution in [0.5, 0.6) is 0 Å². The number of halogens is 1. The van der Waals surface area contributed by atoms with E-state index in [1.165, 1.54) is 12.4 Å². The second kappa shape index (κ2) is 7.03. The highest BCUT2D eigenvalue weighted by Crippen LogP contribution is 2.47. The number of urea groups is 1. The number of carbonyl (C=O) groups excluding carboxylic acids is 1. The summed E-state index contributed by atoms with van der Waals surface area (Å²) in [6.45, 7) is 2.10. The summed E-state index contributed by atoms with van der Waals surface area (Å²) in [5.74, 6) is 0.0625. The number of nitrogens with two attached hydrogens (primary N) is 1. The van der Waals surface area contributed by atoms with E-state index < -0.39 is 11.8 Å². The van der Waals surface area contributed by atoms with Crippen LogP contribution < -0.4 is 16.4 Å². The average Bonchev–Trinajstić information content (AvgIpc) is 3.68. The second-order valence-corrected chi connectivity index (χ2v) is 9.05. The van der Waals surface area contributed by atoms with Crippen LogP contribution in [0.25, 0.3) is 22.2 Å². The zero-order chi connectivity index (χ0) is 22.7. The van der Waals surface area contributed by atoms with Crippen molar-refractivity contribution in [1.29, 1.82) is 0 Å². The number of nitrogens with zero attached hydrogens (tertiary/aromatic N) is 4. The third-order valence-corrected chi connectivity index (χ3v) is 6.46. The number of fused-ring (bicyclic) bond motifs is 1. The van der Waals surface area contributed by atoms with Gasteiger partial charge in [0.25, 0.3) is 0 Å². The minimum absolute atomic E-state index is 0.0376. The van der Waals surface area contributed by atoms with E-state index in [0.717, 1.165) is 31.4 Å². The molecule has 0 atom stereocenters. The van der Waals surface area contributed by atoms with Gasteiger partial charge in [-0.3, -0.25) is 5.32 Å². The number of hydrogen-bond acceptors (Lipinski definition) is 6. The summed E-state index contributed by atoms with van der Waals surface area (Å²) in [7, 11) is 0. The van der Waals surface area contributed by atoms with Crippen LogP contribution in [-0.2, 0) is 5.41 Å². The SMILES string of the molecule is CC1(c2cc(NC(=O)Nc3ccc(-c4cn(C5CC5)c5ncnc(N)c45)c(F)c3)on2)CC1. The minimum atomic E-state index is -0.547. The van der Waals surface area contributed by atoms with Crippen molar-refractivity contribution in [3.8, 4) is 11.1 Å². The van der Waals surface area contributed by atoms with Gasteiger partial charge in [-0.15, -0.1) is 0 Å². The summed E-state index contributed by atoms with van der Waals surface area (Å²) in [5.41, 5.74) is 8.97. The number of amides is 2. The number of aromatic nitrogens is 4. The van der Waals surface area contributed by atoms with Gasteiger partial charge in [0, 0.05) is 40.5 Å². The minimum Gasteiger partial charge on any atom is -0.383 e. The Labute approximate surface area is 188 Å². The standard InChI is InChI=1S/C23H22FN7O2/c1-23(6-7-23)17-9-18(33-30-17)29-22(32)28-12-2-5-14(16(24)8-12)15-10-31(13-3-4-13)21-19(15)20(25)26-11-27-21/h2,5,8-11,13H,3-4,6-7H2,1H3,(H2,25,26,27)(H2,28,29,32). The molecule has 168 valence electrons. The van der Waals surface area contributed by atoms with Gasteiger partial charge >= 0.3 is 6.03 Å². The summed E-state index contributed by atoms with van der Waals surface area (Å²) >= 11 is 0. The van der Waals surface area contributed by atoms with E-state index in [0.29, 0.717) is 39.7 Å². The van der Waals surface area contributed by atoms with Gasteiger partial charge < -0.3 is 20.1 Å². The lowest BCUT2D eigenvalue weighted by Crippen LogP contribution is -2.19. The Morgan fingerprint density at radius 1 is 1.21 bits per heavy atom. The number of anilines is 3. The zero-order valence-electron chi connectivity index (χ0n) is 17.9. The number of rotatable bonds is 5. The Balaban J connectivity index is 1.24. The van der Waals surface area contributed by atoms with Crippen molar-refractivity contribution in [3.63, 3.8) is 0 Å². The second-order valence-electron chi connectivity index (χ2n) is 9.05. The van der Waals surface area contributed by atoms with E-state index in [4.69, 9.17) is 10.3 Å². The predicted molar refractivity (Wildman–Crippen MR) is 121 cm³/mol. The van der Waals surface area contributed by atoms with Crippen LogP contribution in [0.15, 0.2) is 41.3 Å². The molecule has 0 unspecified atom stereocenters. The molecule has 0 saturated heterocycles. The van der Waals surface area contributed by atoms with Crippen molar-refractivity contribution in [2.45, 2.75) is 44.1 Å². The maximum atomic E-state index is 15.1. The summed E-state index contributed by atoms with van der Waals surface area (Å²) in [5, 5.41) is 9.87. The van der Waals surface area contributed by atoms with Gasteiger partial charge in [-0.1, -0.05) is 12.1 Å². The summed E-state index contributed by atoms with van der Waals surface area (Å²) in [6.07, 6.45) is 7.51. The van der Waals surface area contributed by atoms with Gasteiger partial charge in [-0.05, 0) is 43.9 Å². The highest BCUT2D eigenvalue weighted by atomic mass is 19.1. The van der Waals surface area contributed by atoms with Crippen LogP contribution in [0.3, 0.4) is 0 Å². The molecule has 33 heavy (non-hydrogen) atoms. The van der Waals surface area contributed by atoms with E-state index in [1.807, 2.05) is 10.8 Å². The third kappa shape index (κ3) is 3.47. The normalized spacial score (nSPS) is 16.7. The fraction of sp³-hybridized carbons (Fsp3) is 0.304. The molecule has 3 heterocycles. The highest BCUT2D eigenvalue weighted by Gasteiger charge is 2.42. The van der Waals surface area contributed by atoms with Crippen molar-refractivity contribution < 1.29 is 13.7 Å². The molecule has 9 nitrogen and oxygen atoms in total. The molecule has 4 N–H and O–H groups in total. The van der Waals surface area contributed by atoms with E-state index in [9.17, 15) is 4.79 Å². The quantitative estimate of drug-likeness (QED) is 0.402. The Morgan fingerprint density at radius 2 is 2.03 bits per heavy atom. The molecular weight excluding hydrogens is 425 g/mol. The lowest BCUT2D eigenvalue weighted by Gasteiger charge is -2.08. The van der Waals surface area contributed by atoms with Gasteiger partial charge in [0.05, 0.1) is 11.1 Å². The molecule has 0 radical (unpaired) electrons. The van der Waals surface area contributed by atoms with Crippen LogP contribution >= 0.6 is 0 Å². The van der Waals surface area contributed by atoms with Crippen molar-refractivity contribution in [3.05, 3.63) is 48.3 Å². The Morgan fingerprint density at radius 3 is 2.76 bits per heavy atom. The Kier molecular flexibility index (Phi) is 4.20. The number of benzene rings is 1. The van der Waals surface area contributed by atoms with Crippen LogP contribution in [0.1, 0.15) is 44.3 Å². The zero-order valence-corrected chi connectivity index (χ0v) is 17.9. The Bertz CT molecular complexity index is 1400. The van der Waals surface area contributed by atoms with Gasteiger partial charge in [-0.2, -0.15) is 0 Å². The van der Waals surface area contributed by atoms with E-state index >= 15 is 4.39 Å². The molecule has 0 aliphatic heterocycles. The first kappa shape index (κ1) is 19.7. The van der Waals surface area contributed by atoms with Crippen LogP contribution in [-0.4, -0.2) is 25.7 Å². The molecule has 0 bridgehead atoms. The van der Waals surface area contributed by atoms with E-state index in [-0.39, 0.29) is 11.3 Å². The summed E-state index contributed by atoms with van der Waals surface area (Å²) in [6, 6.07) is 6.04. The van der Waals surface area contributed by atoms with Crippen molar-refractivity contribution in [1.82, 2.24) is 19.7 Å². The van der Waals surface area contributed by atoms with Crippen molar-refractivity contribution >= 4 is 34.5 Å². The van der Waals surface area contributed by atoms with Crippen molar-refractivity contribution in [2.24, 2.45) is 0 Å². The molecule has 0 spiro atoms. The number of nitrogens with one attached hydrogen (secondary N) is 2. The number of carbonyl (C=O) groups is 1. The molecule has 1 aromatic carbocycles. The molecule has 10 heteroatoms. The lowest BCUT2D eigenvalue weighted by atomic mass is 10.0. The molecule has 2 fully saturated rings. The third-order valence-electron chi connectivity index (χ3n) is 6.46. The summed E-state index contributed by atoms with van der Waals surface area (Å²) < 4.78 is 22.4. The molecule has 2 aliphatic rings. The smallest absolute Gasteiger partial charge is 0.326 e.